The third kappa shape index (κ3) is 2.94. The predicted molar refractivity (Wildman–Crippen MR) is 108 cm³/mol. The molecule has 9 heteroatoms. The van der Waals surface area contributed by atoms with Crippen LogP contribution in [0.1, 0.15) is 26.5 Å². The molecule has 2 heterocycles. The van der Waals surface area contributed by atoms with Gasteiger partial charge in [0.05, 0.1) is 17.1 Å². The highest BCUT2D eigenvalue weighted by Gasteiger charge is 2.40. The van der Waals surface area contributed by atoms with Crippen LogP contribution < -0.4 is 0 Å². The Morgan fingerprint density at radius 3 is 2.52 bits per heavy atom. The number of aliphatic hydroxyl groups excluding tert-OH is 1. The number of aromatic hydroxyl groups is 1. The van der Waals surface area contributed by atoms with Crippen molar-refractivity contribution in [2.45, 2.75) is 18.8 Å². The van der Waals surface area contributed by atoms with E-state index in [0.717, 1.165) is 4.90 Å². The third-order valence-electron chi connectivity index (χ3n) is 5.49. The number of phenols is 1. The minimum atomic E-state index is -2.05. The summed E-state index contributed by atoms with van der Waals surface area (Å²) in [5, 5.41) is 30.8. The second-order valence-corrected chi connectivity index (χ2v) is 7.37. The number of benzene rings is 3. The van der Waals surface area contributed by atoms with Gasteiger partial charge < -0.3 is 20.3 Å². The summed E-state index contributed by atoms with van der Waals surface area (Å²) in [5.41, 5.74) is 1.20. The molecule has 0 bridgehead atoms. The van der Waals surface area contributed by atoms with Gasteiger partial charge in [-0.25, -0.2) is 9.37 Å². The van der Waals surface area contributed by atoms with Crippen molar-refractivity contribution in [2.24, 2.45) is 0 Å². The largest absolute Gasteiger partial charge is 0.507 e. The summed E-state index contributed by atoms with van der Waals surface area (Å²) in [6, 6.07) is 10.0. The fourth-order valence-electron chi connectivity index (χ4n) is 4.06. The number of aromatic amines is 1. The molecule has 5 rings (SSSR count). The summed E-state index contributed by atoms with van der Waals surface area (Å²) in [6.45, 7) is 0. The van der Waals surface area contributed by atoms with Gasteiger partial charge >= 0.3 is 0 Å². The Bertz CT molecular complexity index is 1360. The summed E-state index contributed by atoms with van der Waals surface area (Å²) in [5.74, 6) is -1.70. The number of aromatic nitrogens is 2. The monoisotopic (exact) mass is 421 g/mol. The van der Waals surface area contributed by atoms with Crippen LogP contribution in [0.4, 0.5) is 4.39 Å². The third-order valence-corrected chi connectivity index (χ3v) is 5.49. The number of nitrogens with one attached hydrogen (secondary N) is 1. The van der Waals surface area contributed by atoms with Crippen LogP contribution in [0.25, 0.3) is 21.8 Å². The first-order valence-electron chi connectivity index (χ1n) is 9.48. The lowest BCUT2D eigenvalue weighted by atomic mass is 9.92. The van der Waals surface area contributed by atoms with Gasteiger partial charge in [-0.2, -0.15) is 0 Å². The van der Waals surface area contributed by atoms with E-state index in [0.29, 0.717) is 21.8 Å². The van der Waals surface area contributed by atoms with Crippen LogP contribution in [0.3, 0.4) is 0 Å². The summed E-state index contributed by atoms with van der Waals surface area (Å²) >= 11 is 0. The average Bonchev–Trinajstić information content (AvgIpc) is 3.13. The van der Waals surface area contributed by atoms with Crippen molar-refractivity contribution < 1.29 is 29.3 Å². The molecular formula is C22H16FN3O5. The zero-order valence-corrected chi connectivity index (χ0v) is 15.9. The van der Waals surface area contributed by atoms with E-state index in [-0.39, 0.29) is 29.1 Å². The second kappa shape index (κ2) is 6.86. The minimum absolute atomic E-state index is 0.0668. The first-order valence-corrected chi connectivity index (χ1v) is 9.48. The van der Waals surface area contributed by atoms with Crippen LogP contribution in [-0.2, 0) is 6.42 Å². The van der Waals surface area contributed by atoms with Gasteiger partial charge in [0.25, 0.3) is 11.8 Å². The quantitative estimate of drug-likeness (QED) is 0.295. The van der Waals surface area contributed by atoms with E-state index in [1.807, 2.05) is 0 Å². The summed E-state index contributed by atoms with van der Waals surface area (Å²) in [4.78, 5) is 34.4. The maximum Gasteiger partial charge on any atom is 0.261 e. The Morgan fingerprint density at radius 1 is 1.03 bits per heavy atom. The molecule has 0 spiro atoms. The van der Waals surface area contributed by atoms with E-state index < -0.39 is 30.0 Å². The Hall–Kier alpha value is -3.82. The number of phenolic OH excluding ortho intramolecular Hbond substituents is 1. The van der Waals surface area contributed by atoms with Crippen LogP contribution >= 0.6 is 0 Å². The Morgan fingerprint density at radius 2 is 1.77 bits per heavy atom. The fraction of sp³-hybridized carbons (Fsp3) is 0.136. The lowest BCUT2D eigenvalue weighted by molar-refractivity contribution is -0.0872. The number of imide groups is 1. The number of amides is 2. The first-order chi connectivity index (χ1) is 14.8. The van der Waals surface area contributed by atoms with Crippen molar-refractivity contribution in [3.05, 3.63) is 71.3 Å². The van der Waals surface area contributed by atoms with Crippen molar-refractivity contribution in [1.82, 2.24) is 14.9 Å². The van der Waals surface area contributed by atoms with Crippen molar-refractivity contribution in [1.29, 1.82) is 0 Å². The molecule has 2 amide bonds. The van der Waals surface area contributed by atoms with E-state index >= 15 is 0 Å². The smallest absolute Gasteiger partial charge is 0.261 e. The average molecular weight is 421 g/mol. The zero-order chi connectivity index (χ0) is 21.9. The number of nitrogens with zero attached hydrogens (tertiary/aromatic N) is 2. The van der Waals surface area contributed by atoms with Gasteiger partial charge in [0.15, 0.2) is 6.29 Å². The number of imidazole rings is 1. The van der Waals surface area contributed by atoms with Gasteiger partial charge in [-0.1, -0.05) is 12.1 Å². The Kier molecular flexibility index (Phi) is 4.24. The molecule has 8 nitrogen and oxygen atoms in total. The molecule has 1 aromatic heterocycles. The molecule has 1 atom stereocenters. The number of fused-ring (bicyclic) bond motifs is 1. The van der Waals surface area contributed by atoms with Gasteiger partial charge in [-0.3, -0.25) is 14.5 Å². The number of carbonyl (C=O) groups excluding carboxylic acids is 2. The van der Waals surface area contributed by atoms with E-state index in [4.69, 9.17) is 0 Å². The number of halogens is 1. The van der Waals surface area contributed by atoms with E-state index in [2.05, 4.69) is 9.97 Å². The topological polar surface area (TPSA) is 127 Å². The van der Waals surface area contributed by atoms with Crippen LogP contribution in [0.5, 0.6) is 5.75 Å². The molecule has 156 valence electrons. The summed E-state index contributed by atoms with van der Waals surface area (Å²) in [7, 11) is 0. The molecule has 1 aliphatic heterocycles. The van der Waals surface area contributed by atoms with E-state index in [1.54, 1.807) is 12.1 Å². The molecule has 4 aromatic rings. The maximum absolute atomic E-state index is 13.5. The number of H-pyrrole nitrogens is 1. The number of carbonyl (C=O) groups is 2. The van der Waals surface area contributed by atoms with Crippen LogP contribution in [0.15, 0.2) is 48.5 Å². The van der Waals surface area contributed by atoms with Crippen molar-refractivity contribution >= 4 is 33.6 Å². The SMILES string of the molecule is O=C1c2cccc3c(O)ccc(c23)C(=O)N1[C@H](Cc1nc2ccc(F)cc2[nH]1)C(O)O. The van der Waals surface area contributed by atoms with Crippen molar-refractivity contribution in [3.8, 4) is 5.75 Å². The fourth-order valence-corrected chi connectivity index (χ4v) is 4.06. The Labute approximate surface area is 174 Å². The number of hydrogen-bond donors (Lipinski definition) is 4. The molecule has 0 fully saturated rings. The molecule has 0 saturated heterocycles. The Balaban J connectivity index is 1.58. The lowest BCUT2D eigenvalue weighted by Crippen LogP contribution is -2.53. The highest BCUT2D eigenvalue weighted by molar-refractivity contribution is 6.26. The van der Waals surface area contributed by atoms with E-state index in [1.165, 1.54) is 36.4 Å². The van der Waals surface area contributed by atoms with Gasteiger partial charge in [-0.05, 0) is 36.4 Å². The first kappa shape index (κ1) is 19.2. The van der Waals surface area contributed by atoms with Crippen LogP contribution in [-0.4, -0.2) is 54.3 Å². The predicted octanol–water partition coefficient (Wildman–Crippen LogP) is 2.08. The number of rotatable bonds is 4. The molecule has 3 aromatic carbocycles. The molecule has 1 aliphatic rings. The molecule has 0 saturated carbocycles. The standard InChI is InChI=1S/C22H16FN3O5/c23-10-4-6-14-15(8-10)25-18(24-14)9-16(22(30)31)26-20(28)12-3-1-2-11-17(27)7-5-13(19(11)12)21(26)29/h1-8,16,22,27,30-31H,9H2,(H,24,25)/t16-/m1/s1. The van der Waals surface area contributed by atoms with Crippen molar-refractivity contribution in [2.75, 3.05) is 0 Å². The molecule has 0 unspecified atom stereocenters. The molecular weight excluding hydrogens is 405 g/mol. The highest BCUT2D eigenvalue weighted by Crippen LogP contribution is 2.36. The van der Waals surface area contributed by atoms with Crippen LogP contribution in [0.2, 0.25) is 0 Å². The van der Waals surface area contributed by atoms with Crippen LogP contribution in [0, 0.1) is 5.82 Å². The zero-order valence-electron chi connectivity index (χ0n) is 15.9. The summed E-state index contributed by atoms with van der Waals surface area (Å²) in [6.07, 6.45) is -2.23. The molecule has 0 aliphatic carbocycles. The summed E-state index contributed by atoms with van der Waals surface area (Å²) < 4.78 is 13.5. The van der Waals surface area contributed by atoms with E-state index in [9.17, 15) is 29.3 Å². The highest BCUT2D eigenvalue weighted by atomic mass is 19.1. The number of hydrogen-bond acceptors (Lipinski definition) is 6. The minimum Gasteiger partial charge on any atom is -0.507 e. The maximum atomic E-state index is 13.5. The van der Waals surface area contributed by atoms with Crippen molar-refractivity contribution in [3.63, 3.8) is 0 Å². The molecule has 0 radical (unpaired) electrons. The number of aliphatic hydroxyl groups is 2. The normalized spacial score (nSPS) is 14.8. The van der Waals surface area contributed by atoms with Gasteiger partial charge in [0, 0.05) is 28.3 Å². The second-order valence-electron chi connectivity index (χ2n) is 7.37. The van der Waals surface area contributed by atoms with Gasteiger partial charge in [0.1, 0.15) is 17.4 Å². The molecule has 31 heavy (non-hydrogen) atoms. The van der Waals surface area contributed by atoms with Gasteiger partial charge in [-0.15, -0.1) is 0 Å². The van der Waals surface area contributed by atoms with Gasteiger partial charge in [0.2, 0.25) is 0 Å². The lowest BCUT2D eigenvalue weighted by Gasteiger charge is -2.34. The molecule has 4 N–H and O–H groups in total.